The van der Waals surface area contributed by atoms with Gasteiger partial charge < -0.3 is 5.32 Å². The molecule has 3 heteroatoms. The third-order valence-electron chi connectivity index (χ3n) is 3.67. The van der Waals surface area contributed by atoms with Gasteiger partial charge in [-0.2, -0.15) is 0 Å². The summed E-state index contributed by atoms with van der Waals surface area (Å²) in [6, 6.07) is 15.4. The van der Waals surface area contributed by atoms with Gasteiger partial charge in [0.1, 0.15) is 0 Å². The first kappa shape index (κ1) is 16.7. The van der Waals surface area contributed by atoms with Gasteiger partial charge in [-0.3, -0.25) is 0 Å². The Morgan fingerprint density at radius 2 is 1.57 bits per heavy atom. The zero-order valence-electron chi connectivity index (χ0n) is 12.9. The Morgan fingerprint density at radius 3 is 2.05 bits per heavy atom. The lowest BCUT2D eigenvalue weighted by Gasteiger charge is -2.22. The molecule has 0 aromatic heterocycles. The Kier molecular flexibility index (Phi) is 5.29. The summed E-state index contributed by atoms with van der Waals surface area (Å²) in [4.78, 5) is 0. The van der Waals surface area contributed by atoms with E-state index in [1.165, 1.54) is 16.7 Å². The van der Waals surface area contributed by atoms with Crippen molar-refractivity contribution in [1.82, 2.24) is 5.32 Å². The van der Waals surface area contributed by atoms with E-state index in [2.05, 4.69) is 100 Å². The molecule has 0 spiro atoms. The minimum atomic E-state index is 0.182. The summed E-state index contributed by atoms with van der Waals surface area (Å²) >= 11 is 7.17. The standard InChI is InChI=1S/C18H21Br2N/c1-18(2,3)13-7-5-12(6-8-13)17(21-4)15-10-9-14(19)11-16(15)20/h5-11,17,21H,1-4H3. The van der Waals surface area contributed by atoms with Gasteiger partial charge in [0, 0.05) is 8.95 Å². The highest BCUT2D eigenvalue weighted by Gasteiger charge is 2.17. The summed E-state index contributed by atoms with van der Waals surface area (Å²) < 4.78 is 2.19. The van der Waals surface area contributed by atoms with Gasteiger partial charge in [0.2, 0.25) is 0 Å². The second-order valence-electron chi connectivity index (χ2n) is 6.26. The molecule has 2 aromatic rings. The minimum absolute atomic E-state index is 0.182. The maximum atomic E-state index is 3.66. The van der Waals surface area contributed by atoms with Gasteiger partial charge in [0.25, 0.3) is 0 Å². The van der Waals surface area contributed by atoms with Crippen LogP contribution in [0.5, 0.6) is 0 Å². The largest absolute Gasteiger partial charge is 0.309 e. The number of halogens is 2. The number of hydrogen-bond acceptors (Lipinski definition) is 1. The summed E-state index contributed by atoms with van der Waals surface area (Å²) in [5, 5.41) is 3.41. The van der Waals surface area contributed by atoms with Gasteiger partial charge >= 0.3 is 0 Å². The molecule has 112 valence electrons. The lowest BCUT2D eigenvalue weighted by molar-refractivity contribution is 0.589. The maximum Gasteiger partial charge on any atom is 0.0585 e. The van der Waals surface area contributed by atoms with E-state index in [9.17, 15) is 0 Å². The third-order valence-corrected chi connectivity index (χ3v) is 4.85. The molecule has 1 unspecified atom stereocenters. The summed E-state index contributed by atoms with van der Waals surface area (Å²) in [7, 11) is 2.00. The molecule has 2 rings (SSSR count). The van der Waals surface area contributed by atoms with Crippen molar-refractivity contribution in [2.24, 2.45) is 0 Å². The zero-order valence-corrected chi connectivity index (χ0v) is 16.0. The van der Waals surface area contributed by atoms with E-state index < -0.39 is 0 Å². The first-order chi connectivity index (χ1) is 9.82. The van der Waals surface area contributed by atoms with Gasteiger partial charge in [-0.25, -0.2) is 0 Å². The first-order valence-corrected chi connectivity index (χ1v) is 8.64. The van der Waals surface area contributed by atoms with Gasteiger partial charge in [0.05, 0.1) is 6.04 Å². The number of hydrogen-bond donors (Lipinski definition) is 1. The predicted molar refractivity (Wildman–Crippen MR) is 97.9 cm³/mol. The van der Waals surface area contributed by atoms with Crippen molar-refractivity contribution < 1.29 is 0 Å². The predicted octanol–water partition coefficient (Wildman–Crippen LogP) is 5.82. The molecule has 2 aromatic carbocycles. The van der Waals surface area contributed by atoms with E-state index in [1.807, 2.05) is 7.05 Å². The van der Waals surface area contributed by atoms with Crippen LogP contribution in [0, 0.1) is 0 Å². The second-order valence-corrected chi connectivity index (χ2v) is 8.03. The van der Waals surface area contributed by atoms with E-state index in [4.69, 9.17) is 0 Å². The number of benzene rings is 2. The fraction of sp³-hybridized carbons (Fsp3) is 0.333. The van der Waals surface area contributed by atoms with Crippen LogP contribution in [-0.2, 0) is 5.41 Å². The topological polar surface area (TPSA) is 12.0 Å². The van der Waals surface area contributed by atoms with Crippen LogP contribution >= 0.6 is 31.9 Å². The molecule has 0 saturated heterocycles. The van der Waals surface area contributed by atoms with Crippen LogP contribution in [-0.4, -0.2) is 7.05 Å². The third kappa shape index (κ3) is 3.97. The van der Waals surface area contributed by atoms with Crippen LogP contribution in [0.3, 0.4) is 0 Å². The molecule has 0 fully saturated rings. The fourth-order valence-electron chi connectivity index (χ4n) is 2.41. The van der Waals surface area contributed by atoms with Crippen LogP contribution in [0.2, 0.25) is 0 Å². The highest BCUT2D eigenvalue weighted by molar-refractivity contribution is 9.11. The molecule has 0 aliphatic carbocycles. The van der Waals surface area contributed by atoms with Crippen molar-refractivity contribution in [3.05, 3.63) is 68.1 Å². The Hall–Kier alpha value is -0.640. The second kappa shape index (κ2) is 6.64. The Bertz CT molecular complexity index is 612. The normalized spacial score (nSPS) is 13.2. The van der Waals surface area contributed by atoms with Crippen LogP contribution in [0.25, 0.3) is 0 Å². The average molecular weight is 411 g/mol. The molecule has 1 N–H and O–H groups in total. The molecule has 21 heavy (non-hydrogen) atoms. The Labute approximate surface area is 144 Å². The van der Waals surface area contributed by atoms with E-state index in [0.717, 1.165) is 8.95 Å². The zero-order chi connectivity index (χ0) is 15.6. The van der Waals surface area contributed by atoms with Crippen molar-refractivity contribution in [1.29, 1.82) is 0 Å². The highest BCUT2D eigenvalue weighted by atomic mass is 79.9. The van der Waals surface area contributed by atoms with Crippen LogP contribution in [0.4, 0.5) is 0 Å². The van der Waals surface area contributed by atoms with Crippen LogP contribution < -0.4 is 5.32 Å². The van der Waals surface area contributed by atoms with Gasteiger partial charge in [-0.1, -0.05) is 83.0 Å². The van der Waals surface area contributed by atoms with E-state index >= 15 is 0 Å². The Balaban J connectivity index is 2.37. The molecule has 1 atom stereocenters. The molecule has 0 saturated carbocycles. The van der Waals surface area contributed by atoms with Crippen molar-refractivity contribution in [3.8, 4) is 0 Å². The average Bonchev–Trinajstić information content (AvgIpc) is 2.41. The quantitative estimate of drug-likeness (QED) is 0.672. The number of nitrogens with one attached hydrogen (secondary N) is 1. The summed E-state index contributed by atoms with van der Waals surface area (Å²) in [6.07, 6.45) is 0. The summed E-state index contributed by atoms with van der Waals surface area (Å²) in [6.45, 7) is 6.72. The molecule has 0 aliphatic rings. The lowest BCUT2D eigenvalue weighted by atomic mass is 9.86. The SMILES string of the molecule is CNC(c1ccc(C(C)(C)C)cc1)c1ccc(Br)cc1Br. The summed E-state index contributed by atoms with van der Waals surface area (Å²) in [5.41, 5.74) is 4.06. The van der Waals surface area contributed by atoms with E-state index in [-0.39, 0.29) is 11.5 Å². The highest BCUT2D eigenvalue weighted by Crippen LogP contribution is 2.32. The molecule has 0 radical (unpaired) electrons. The van der Waals surface area contributed by atoms with E-state index in [0.29, 0.717) is 0 Å². The lowest BCUT2D eigenvalue weighted by Crippen LogP contribution is -2.18. The first-order valence-electron chi connectivity index (χ1n) is 7.05. The maximum absolute atomic E-state index is 3.66. The molecule has 0 aliphatic heterocycles. The Morgan fingerprint density at radius 1 is 0.952 bits per heavy atom. The van der Waals surface area contributed by atoms with Crippen molar-refractivity contribution in [2.45, 2.75) is 32.2 Å². The fourth-order valence-corrected chi connectivity index (χ4v) is 3.69. The molecule has 0 amide bonds. The van der Waals surface area contributed by atoms with Gasteiger partial charge in [-0.05, 0) is 41.3 Å². The van der Waals surface area contributed by atoms with Crippen molar-refractivity contribution in [3.63, 3.8) is 0 Å². The van der Waals surface area contributed by atoms with Gasteiger partial charge in [0.15, 0.2) is 0 Å². The molecular weight excluding hydrogens is 390 g/mol. The molecule has 1 nitrogen and oxygen atoms in total. The van der Waals surface area contributed by atoms with Crippen molar-refractivity contribution >= 4 is 31.9 Å². The molecular formula is C18H21Br2N. The van der Waals surface area contributed by atoms with Crippen LogP contribution in [0.15, 0.2) is 51.4 Å². The molecule has 0 heterocycles. The number of rotatable bonds is 3. The smallest absolute Gasteiger partial charge is 0.0585 e. The van der Waals surface area contributed by atoms with E-state index in [1.54, 1.807) is 0 Å². The monoisotopic (exact) mass is 409 g/mol. The summed E-state index contributed by atoms with van der Waals surface area (Å²) in [5.74, 6) is 0. The van der Waals surface area contributed by atoms with Crippen LogP contribution in [0.1, 0.15) is 43.5 Å². The molecule has 0 bridgehead atoms. The van der Waals surface area contributed by atoms with Gasteiger partial charge in [-0.15, -0.1) is 0 Å². The van der Waals surface area contributed by atoms with Crippen molar-refractivity contribution in [2.75, 3.05) is 7.05 Å². The minimum Gasteiger partial charge on any atom is -0.309 e.